The molecule has 0 fully saturated rings. The summed E-state index contributed by atoms with van der Waals surface area (Å²) < 4.78 is 12.9. The van der Waals surface area contributed by atoms with Gasteiger partial charge >= 0.3 is 0 Å². The van der Waals surface area contributed by atoms with Crippen molar-refractivity contribution in [3.05, 3.63) is 65.5 Å². The summed E-state index contributed by atoms with van der Waals surface area (Å²) in [7, 11) is 0. The van der Waals surface area contributed by atoms with Crippen molar-refractivity contribution in [2.24, 2.45) is 0 Å². The molecule has 0 radical (unpaired) electrons. The van der Waals surface area contributed by atoms with Crippen LogP contribution < -0.4 is 5.32 Å². The van der Waals surface area contributed by atoms with Crippen molar-refractivity contribution < 1.29 is 9.18 Å². The standard InChI is InChI=1S/C17H16FNOS/c18-13-7-5-12(6-8-13)11-17(20)19-15-9-10-21-16-4-2-1-3-14(15)16/h1-8,15H,9-11H2,(H,19,20)/t15-/m1/s1. The van der Waals surface area contributed by atoms with Crippen molar-refractivity contribution in [1.29, 1.82) is 0 Å². The van der Waals surface area contributed by atoms with Crippen molar-refractivity contribution in [2.75, 3.05) is 5.75 Å². The molecule has 2 nitrogen and oxygen atoms in total. The van der Waals surface area contributed by atoms with Gasteiger partial charge in [-0.2, -0.15) is 0 Å². The van der Waals surface area contributed by atoms with Crippen molar-refractivity contribution in [2.45, 2.75) is 23.8 Å². The van der Waals surface area contributed by atoms with Crippen LogP contribution in [0.4, 0.5) is 4.39 Å². The first-order valence-electron chi connectivity index (χ1n) is 6.98. The largest absolute Gasteiger partial charge is 0.349 e. The van der Waals surface area contributed by atoms with Crippen LogP contribution in [-0.2, 0) is 11.2 Å². The third-order valence-corrected chi connectivity index (χ3v) is 4.69. The summed E-state index contributed by atoms with van der Waals surface area (Å²) in [5, 5.41) is 3.09. The summed E-state index contributed by atoms with van der Waals surface area (Å²) in [6.07, 6.45) is 1.23. The molecule has 1 aliphatic heterocycles. The Bertz CT molecular complexity index is 641. The lowest BCUT2D eigenvalue weighted by molar-refractivity contribution is -0.121. The number of hydrogen-bond donors (Lipinski definition) is 1. The summed E-state index contributed by atoms with van der Waals surface area (Å²) in [6.45, 7) is 0. The highest BCUT2D eigenvalue weighted by atomic mass is 32.2. The molecule has 3 rings (SSSR count). The lowest BCUT2D eigenvalue weighted by atomic mass is 10.0. The van der Waals surface area contributed by atoms with Gasteiger partial charge in [0.05, 0.1) is 12.5 Å². The number of nitrogens with one attached hydrogen (secondary N) is 1. The van der Waals surface area contributed by atoms with Crippen LogP contribution in [0, 0.1) is 5.82 Å². The average Bonchev–Trinajstić information content (AvgIpc) is 2.50. The SMILES string of the molecule is O=C(Cc1ccc(F)cc1)N[C@@H]1CCSc2ccccc21. The summed E-state index contributed by atoms with van der Waals surface area (Å²) in [4.78, 5) is 13.4. The third kappa shape index (κ3) is 3.45. The van der Waals surface area contributed by atoms with E-state index in [0.29, 0.717) is 0 Å². The number of carbonyl (C=O) groups excluding carboxylic acids is 1. The quantitative estimate of drug-likeness (QED) is 0.936. The number of hydrogen-bond acceptors (Lipinski definition) is 2. The van der Waals surface area contributed by atoms with E-state index in [2.05, 4.69) is 17.4 Å². The molecule has 1 atom stereocenters. The Kier molecular flexibility index (Phi) is 4.25. The van der Waals surface area contributed by atoms with Gasteiger partial charge in [0.1, 0.15) is 5.82 Å². The van der Waals surface area contributed by atoms with Gasteiger partial charge in [-0.15, -0.1) is 11.8 Å². The first-order valence-corrected chi connectivity index (χ1v) is 7.96. The van der Waals surface area contributed by atoms with Crippen LogP contribution in [-0.4, -0.2) is 11.7 Å². The highest BCUT2D eigenvalue weighted by molar-refractivity contribution is 7.99. The normalized spacial score (nSPS) is 17.1. The molecule has 0 aromatic heterocycles. The maximum atomic E-state index is 12.9. The molecule has 1 aliphatic rings. The summed E-state index contributed by atoms with van der Waals surface area (Å²) in [5.41, 5.74) is 2.02. The Balaban J connectivity index is 1.67. The lowest BCUT2D eigenvalue weighted by Gasteiger charge is -2.25. The fourth-order valence-corrected chi connectivity index (χ4v) is 3.65. The Morgan fingerprint density at radius 1 is 1.19 bits per heavy atom. The van der Waals surface area contributed by atoms with E-state index < -0.39 is 0 Å². The predicted octanol–water partition coefficient (Wildman–Crippen LogP) is 3.72. The van der Waals surface area contributed by atoms with Crippen LogP contribution in [0.15, 0.2) is 53.4 Å². The molecule has 0 unspecified atom stereocenters. The molecule has 0 aliphatic carbocycles. The molecule has 0 saturated heterocycles. The van der Waals surface area contributed by atoms with E-state index >= 15 is 0 Å². The number of thioether (sulfide) groups is 1. The van der Waals surface area contributed by atoms with E-state index in [1.165, 1.54) is 22.6 Å². The Morgan fingerprint density at radius 2 is 1.95 bits per heavy atom. The minimum Gasteiger partial charge on any atom is -0.349 e. The van der Waals surface area contributed by atoms with Crippen molar-refractivity contribution in [3.63, 3.8) is 0 Å². The van der Waals surface area contributed by atoms with Crippen molar-refractivity contribution in [3.8, 4) is 0 Å². The number of halogens is 1. The Labute approximate surface area is 127 Å². The number of amides is 1. The monoisotopic (exact) mass is 301 g/mol. The van der Waals surface area contributed by atoms with Gasteiger partial charge in [-0.25, -0.2) is 4.39 Å². The molecule has 108 valence electrons. The highest BCUT2D eigenvalue weighted by Gasteiger charge is 2.21. The van der Waals surface area contributed by atoms with Gasteiger partial charge in [-0.1, -0.05) is 30.3 Å². The number of fused-ring (bicyclic) bond motifs is 1. The zero-order valence-electron chi connectivity index (χ0n) is 11.5. The average molecular weight is 301 g/mol. The molecule has 1 amide bonds. The molecule has 1 heterocycles. The smallest absolute Gasteiger partial charge is 0.224 e. The van der Waals surface area contributed by atoms with Crippen LogP contribution in [0.25, 0.3) is 0 Å². The van der Waals surface area contributed by atoms with Crippen molar-refractivity contribution in [1.82, 2.24) is 5.32 Å². The molecular formula is C17H16FNOS. The van der Waals surface area contributed by atoms with Gasteiger partial charge in [-0.05, 0) is 35.7 Å². The Morgan fingerprint density at radius 3 is 2.76 bits per heavy atom. The van der Waals surface area contributed by atoms with E-state index in [9.17, 15) is 9.18 Å². The first-order chi connectivity index (χ1) is 10.2. The fraction of sp³-hybridized carbons (Fsp3) is 0.235. The maximum absolute atomic E-state index is 12.9. The molecule has 4 heteroatoms. The summed E-state index contributed by atoms with van der Waals surface area (Å²) >= 11 is 1.83. The second-order valence-electron chi connectivity index (χ2n) is 5.10. The molecule has 0 bridgehead atoms. The highest BCUT2D eigenvalue weighted by Crippen LogP contribution is 2.35. The second kappa shape index (κ2) is 6.31. The first kappa shape index (κ1) is 14.1. The Hall–Kier alpha value is -1.81. The van der Waals surface area contributed by atoms with E-state index in [1.807, 2.05) is 23.9 Å². The van der Waals surface area contributed by atoms with E-state index in [0.717, 1.165) is 17.7 Å². The molecule has 1 N–H and O–H groups in total. The maximum Gasteiger partial charge on any atom is 0.224 e. The van der Waals surface area contributed by atoms with Crippen LogP contribution >= 0.6 is 11.8 Å². The molecule has 0 saturated carbocycles. The van der Waals surface area contributed by atoms with E-state index in [4.69, 9.17) is 0 Å². The summed E-state index contributed by atoms with van der Waals surface area (Å²) in [6, 6.07) is 14.3. The van der Waals surface area contributed by atoms with Gasteiger partial charge in [0.25, 0.3) is 0 Å². The van der Waals surface area contributed by atoms with Crippen LogP contribution in [0.1, 0.15) is 23.6 Å². The minimum atomic E-state index is -0.280. The molecule has 0 spiro atoms. The van der Waals surface area contributed by atoms with Gasteiger partial charge in [-0.3, -0.25) is 4.79 Å². The second-order valence-corrected chi connectivity index (χ2v) is 6.24. The minimum absolute atomic E-state index is 0.0201. The zero-order valence-corrected chi connectivity index (χ0v) is 12.3. The fourth-order valence-electron chi connectivity index (χ4n) is 2.53. The van der Waals surface area contributed by atoms with Crippen molar-refractivity contribution >= 4 is 17.7 Å². The molecule has 2 aromatic carbocycles. The molecular weight excluding hydrogens is 285 g/mol. The molecule has 21 heavy (non-hydrogen) atoms. The van der Waals surface area contributed by atoms with Crippen LogP contribution in [0.2, 0.25) is 0 Å². The number of rotatable bonds is 3. The predicted molar refractivity (Wildman–Crippen MR) is 82.8 cm³/mol. The van der Waals surface area contributed by atoms with Crippen LogP contribution in [0.5, 0.6) is 0 Å². The van der Waals surface area contributed by atoms with Gasteiger partial charge in [0.2, 0.25) is 5.91 Å². The number of carbonyl (C=O) groups is 1. The molecule has 2 aromatic rings. The van der Waals surface area contributed by atoms with E-state index in [-0.39, 0.29) is 24.2 Å². The van der Waals surface area contributed by atoms with E-state index in [1.54, 1.807) is 12.1 Å². The zero-order chi connectivity index (χ0) is 14.7. The van der Waals surface area contributed by atoms with Gasteiger partial charge in [0, 0.05) is 10.6 Å². The van der Waals surface area contributed by atoms with Gasteiger partial charge in [0.15, 0.2) is 0 Å². The van der Waals surface area contributed by atoms with Gasteiger partial charge < -0.3 is 5.32 Å². The van der Waals surface area contributed by atoms with Crippen LogP contribution in [0.3, 0.4) is 0 Å². The summed E-state index contributed by atoms with van der Waals surface area (Å²) in [5.74, 6) is 0.712. The lowest BCUT2D eigenvalue weighted by Crippen LogP contribution is -2.31. The third-order valence-electron chi connectivity index (χ3n) is 3.57. The number of benzene rings is 2. The topological polar surface area (TPSA) is 29.1 Å².